The van der Waals surface area contributed by atoms with Crippen molar-refractivity contribution in [1.82, 2.24) is 14.8 Å². The minimum absolute atomic E-state index is 0.277. The second-order valence-electron chi connectivity index (χ2n) is 6.90. The maximum atomic E-state index is 12.7. The van der Waals surface area contributed by atoms with E-state index in [1.165, 1.54) is 11.9 Å². The number of aliphatic imine (C=N–C) groups is 1. The largest absolute Gasteiger partial charge is 0.416 e. The van der Waals surface area contributed by atoms with Gasteiger partial charge in [0.2, 0.25) is 11.9 Å². The fourth-order valence-corrected chi connectivity index (χ4v) is 3.74. The molecule has 0 bridgehead atoms. The number of nitrogens with one attached hydrogen (secondary N) is 1. The summed E-state index contributed by atoms with van der Waals surface area (Å²) in [4.78, 5) is 32.1. The summed E-state index contributed by atoms with van der Waals surface area (Å²) in [5, 5.41) is 10.3. The van der Waals surface area contributed by atoms with Crippen LogP contribution in [-0.2, 0) is 4.79 Å². The molecular weight excluding hydrogens is 382 g/mol. The molecule has 0 aliphatic carbocycles. The number of imide groups is 1. The van der Waals surface area contributed by atoms with Crippen LogP contribution < -0.4 is 5.32 Å². The van der Waals surface area contributed by atoms with E-state index in [0.29, 0.717) is 36.5 Å². The third-order valence-electron chi connectivity index (χ3n) is 4.94. The first kappa shape index (κ1) is 18.4. The van der Waals surface area contributed by atoms with E-state index >= 15 is 0 Å². The summed E-state index contributed by atoms with van der Waals surface area (Å²) in [7, 11) is 3.12. The minimum atomic E-state index is -0.604. The van der Waals surface area contributed by atoms with Crippen LogP contribution >= 0.6 is 11.6 Å². The highest BCUT2D eigenvalue weighted by molar-refractivity contribution is 6.33. The van der Waals surface area contributed by atoms with Crippen LogP contribution in [0.1, 0.15) is 6.92 Å². The number of anilines is 1. The summed E-state index contributed by atoms with van der Waals surface area (Å²) in [5.41, 5.74) is 1.71. The average molecular weight is 403 g/mol. The number of rotatable bonds is 4. The number of urea groups is 1. The molecule has 1 atom stereocenters. The molecule has 1 saturated heterocycles. The van der Waals surface area contributed by atoms with Gasteiger partial charge in [0.05, 0.1) is 16.4 Å². The Morgan fingerprint density at radius 2 is 2.00 bits per heavy atom. The number of amidine groups is 1. The van der Waals surface area contributed by atoms with Crippen LogP contribution in [0.3, 0.4) is 0 Å². The maximum Gasteiger partial charge on any atom is 0.416 e. The molecule has 3 amide bonds. The lowest BCUT2D eigenvalue weighted by atomic mass is 10.1. The van der Waals surface area contributed by atoms with E-state index in [1.54, 1.807) is 12.1 Å². The van der Waals surface area contributed by atoms with Crippen LogP contribution in [0.5, 0.6) is 0 Å². The van der Waals surface area contributed by atoms with Crippen LogP contribution in [0, 0.1) is 0 Å². The molecule has 0 aromatic heterocycles. The van der Waals surface area contributed by atoms with Crippen LogP contribution in [0.2, 0.25) is 5.02 Å². The number of hydrogen-bond donors (Lipinski definition) is 1. The molecule has 0 saturated carbocycles. The molecule has 28 heavy (non-hydrogen) atoms. The van der Waals surface area contributed by atoms with Crippen LogP contribution in [0.25, 0.3) is 0 Å². The predicted molar refractivity (Wildman–Crippen MR) is 107 cm³/mol. The van der Waals surface area contributed by atoms with Crippen molar-refractivity contribution >= 4 is 46.7 Å². The molecular formula is C18H21ClN7O2+. The SMILES string of the molecule is CC1=NN(CCNc2ccccc2Cl)C2=[N+](C1)C1C(=O)N(C)C(=O)N(C)C1=N2. The molecule has 1 fully saturated rings. The summed E-state index contributed by atoms with van der Waals surface area (Å²) >= 11 is 6.18. The Kier molecular flexibility index (Phi) is 4.54. The number of fused-ring (bicyclic) bond motifs is 2. The van der Waals surface area contributed by atoms with Crippen LogP contribution in [-0.4, -0.2) is 88.6 Å². The van der Waals surface area contributed by atoms with Gasteiger partial charge in [0.15, 0.2) is 0 Å². The molecule has 146 valence electrons. The maximum absolute atomic E-state index is 12.7. The van der Waals surface area contributed by atoms with Gasteiger partial charge < -0.3 is 5.32 Å². The van der Waals surface area contributed by atoms with Crippen LogP contribution in [0.15, 0.2) is 34.4 Å². The fraction of sp³-hybridized carbons (Fsp3) is 0.389. The Morgan fingerprint density at radius 1 is 1.25 bits per heavy atom. The lowest BCUT2D eigenvalue weighted by Gasteiger charge is -2.32. The first-order valence-electron chi connectivity index (χ1n) is 8.96. The summed E-state index contributed by atoms with van der Waals surface area (Å²) in [6.45, 7) is 3.51. The molecule has 3 aliphatic rings. The monoisotopic (exact) mass is 402 g/mol. The third-order valence-corrected chi connectivity index (χ3v) is 5.27. The van der Waals surface area contributed by atoms with Gasteiger partial charge in [-0.25, -0.2) is 9.37 Å². The summed E-state index contributed by atoms with van der Waals surface area (Å²) in [5.74, 6) is 0.743. The zero-order chi connectivity index (χ0) is 20.0. The number of likely N-dealkylation sites (N-methyl/N-ethyl adjacent to an activating group) is 2. The number of carbonyl (C=O) groups is 2. The number of amides is 3. The number of hydrazone groups is 1. The number of hydrogen-bond acceptors (Lipinski definition) is 6. The molecule has 1 unspecified atom stereocenters. The van der Waals surface area contributed by atoms with E-state index < -0.39 is 6.04 Å². The van der Waals surface area contributed by atoms with Gasteiger partial charge in [0, 0.05) is 20.6 Å². The molecule has 1 aromatic rings. The van der Waals surface area contributed by atoms with Gasteiger partial charge in [-0.05, 0) is 19.1 Å². The molecule has 3 aliphatic heterocycles. The van der Waals surface area contributed by atoms with E-state index in [2.05, 4.69) is 15.4 Å². The smallest absolute Gasteiger partial charge is 0.381 e. The highest BCUT2D eigenvalue weighted by Gasteiger charge is 2.53. The fourth-order valence-electron chi connectivity index (χ4n) is 3.53. The topological polar surface area (TPSA) is 83.6 Å². The predicted octanol–water partition coefficient (Wildman–Crippen LogP) is 1.12. The van der Waals surface area contributed by atoms with E-state index in [4.69, 9.17) is 11.6 Å². The molecule has 0 radical (unpaired) electrons. The van der Waals surface area contributed by atoms with Crippen molar-refractivity contribution in [2.24, 2.45) is 10.1 Å². The van der Waals surface area contributed by atoms with Crippen LogP contribution in [0.4, 0.5) is 10.5 Å². The number of carbonyl (C=O) groups excluding carboxylic acids is 2. The van der Waals surface area contributed by atoms with E-state index in [-0.39, 0.29) is 11.9 Å². The average Bonchev–Trinajstić information content (AvgIpc) is 3.05. The van der Waals surface area contributed by atoms with Crippen molar-refractivity contribution in [3.8, 4) is 0 Å². The lowest BCUT2D eigenvalue weighted by Crippen LogP contribution is -2.62. The molecule has 10 heteroatoms. The Morgan fingerprint density at radius 3 is 2.75 bits per heavy atom. The zero-order valence-electron chi connectivity index (χ0n) is 15.9. The minimum Gasteiger partial charge on any atom is -0.381 e. The highest BCUT2D eigenvalue weighted by Crippen LogP contribution is 2.23. The summed E-state index contributed by atoms with van der Waals surface area (Å²) in [6.07, 6.45) is 0. The first-order valence-corrected chi connectivity index (χ1v) is 9.33. The molecule has 3 heterocycles. The number of guanidine groups is 1. The molecule has 0 spiro atoms. The van der Waals surface area contributed by atoms with Crippen molar-refractivity contribution in [3.05, 3.63) is 29.3 Å². The quantitative estimate of drug-likeness (QED) is 0.765. The number of para-hydroxylation sites is 1. The Bertz CT molecular complexity index is 955. The molecule has 1 aromatic carbocycles. The van der Waals surface area contributed by atoms with Gasteiger partial charge in [-0.1, -0.05) is 28.7 Å². The first-order chi connectivity index (χ1) is 13.4. The van der Waals surface area contributed by atoms with E-state index in [9.17, 15) is 9.59 Å². The summed E-state index contributed by atoms with van der Waals surface area (Å²) in [6, 6.07) is 6.54. The molecule has 9 nitrogen and oxygen atoms in total. The second-order valence-corrected chi connectivity index (χ2v) is 7.31. The van der Waals surface area contributed by atoms with Gasteiger partial charge in [0.25, 0.3) is 5.91 Å². The number of halogens is 1. The highest BCUT2D eigenvalue weighted by atomic mass is 35.5. The lowest BCUT2D eigenvalue weighted by molar-refractivity contribution is -0.527. The van der Waals surface area contributed by atoms with Crippen molar-refractivity contribution in [3.63, 3.8) is 0 Å². The Hall–Kier alpha value is -2.94. The standard InChI is InChI=1S/C18H21ClN7O2/c1-11-10-25-14-15(23(2)18(28)24(3)16(14)27)21-17(25)26(22-11)9-8-20-13-7-5-4-6-12(13)19/h4-7,14,20H,8-10H2,1-3H3/q+1. The Labute approximate surface area is 167 Å². The van der Waals surface area contributed by atoms with Crippen molar-refractivity contribution in [2.75, 3.05) is 39.0 Å². The molecule has 4 rings (SSSR count). The van der Waals surface area contributed by atoms with Crippen molar-refractivity contribution in [2.45, 2.75) is 13.0 Å². The zero-order valence-corrected chi connectivity index (χ0v) is 16.6. The van der Waals surface area contributed by atoms with Gasteiger partial charge >= 0.3 is 12.0 Å². The number of nitrogens with zero attached hydrogens (tertiary/aromatic N) is 6. The summed E-state index contributed by atoms with van der Waals surface area (Å²) < 4.78 is 1.90. The van der Waals surface area contributed by atoms with E-state index in [0.717, 1.165) is 16.3 Å². The van der Waals surface area contributed by atoms with Gasteiger partial charge in [-0.15, -0.1) is 10.1 Å². The third kappa shape index (κ3) is 2.91. The van der Waals surface area contributed by atoms with Crippen molar-refractivity contribution < 1.29 is 14.2 Å². The van der Waals surface area contributed by atoms with E-state index in [1.807, 2.05) is 35.8 Å². The van der Waals surface area contributed by atoms with Gasteiger partial charge in [-0.3, -0.25) is 14.6 Å². The normalized spacial score (nSPS) is 21.6. The van der Waals surface area contributed by atoms with Crippen molar-refractivity contribution in [1.29, 1.82) is 0 Å². The van der Waals surface area contributed by atoms with Gasteiger partial charge in [-0.2, -0.15) is 0 Å². The second kappa shape index (κ2) is 6.90. The number of benzene rings is 1. The molecule has 1 N–H and O–H groups in total. The Balaban J connectivity index is 1.56. The van der Waals surface area contributed by atoms with Gasteiger partial charge in [0.1, 0.15) is 13.1 Å².